The van der Waals surface area contributed by atoms with Crippen LogP contribution in [0.2, 0.25) is 0 Å². The molecule has 2 rings (SSSR count). The quantitative estimate of drug-likeness (QED) is 0.843. The summed E-state index contributed by atoms with van der Waals surface area (Å²) in [6, 6.07) is 0. The van der Waals surface area contributed by atoms with Crippen LogP contribution in [-0.2, 0) is 23.6 Å². The molecule has 98 valence electrons. The average molecular weight is 269 g/mol. The van der Waals surface area contributed by atoms with Crippen LogP contribution in [-0.4, -0.2) is 28.0 Å². The molecule has 0 bridgehead atoms. The van der Waals surface area contributed by atoms with Gasteiger partial charge >= 0.3 is 0 Å². The molecule has 0 aliphatic heterocycles. The van der Waals surface area contributed by atoms with Crippen LogP contribution in [0.1, 0.15) is 17.0 Å². The third-order valence-corrected chi connectivity index (χ3v) is 3.85. The maximum atomic E-state index is 11.5. The summed E-state index contributed by atoms with van der Waals surface area (Å²) in [5.74, 6) is 0. The third kappa shape index (κ3) is 2.29. The number of rotatable bonds is 3. The lowest BCUT2D eigenvalue weighted by atomic mass is 10.3. The van der Waals surface area contributed by atoms with Crippen LogP contribution in [0.15, 0.2) is 17.3 Å². The lowest BCUT2D eigenvalue weighted by Gasteiger charge is -2.02. The smallest absolute Gasteiger partial charge is 0.241 e. The van der Waals surface area contributed by atoms with Crippen molar-refractivity contribution in [3.8, 4) is 0 Å². The molecule has 0 saturated carbocycles. The summed E-state index contributed by atoms with van der Waals surface area (Å²) in [4.78, 5) is 0.103. The molecule has 2 aromatic rings. The van der Waals surface area contributed by atoms with Crippen LogP contribution in [0.3, 0.4) is 0 Å². The van der Waals surface area contributed by atoms with Gasteiger partial charge in [-0.2, -0.15) is 10.2 Å². The fraction of sp³-hybridized carbons (Fsp3) is 0.400. The van der Waals surface area contributed by atoms with Crippen molar-refractivity contribution in [3.63, 3.8) is 0 Å². The lowest BCUT2D eigenvalue weighted by molar-refractivity contribution is 0.595. The van der Waals surface area contributed by atoms with Gasteiger partial charge in [-0.3, -0.25) is 9.36 Å². The SMILES string of the molecule is Cc1nn(Cc2cnn(C)c2)c(C)c1S(N)(=O)=O. The zero-order chi connectivity index (χ0) is 13.5. The second-order valence-electron chi connectivity index (χ2n) is 4.22. The van der Waals surface area contributed by atoms with Gasteiger partial charge in [0.25, 0.3) is 0 Å². The number of nitrogens with zero attached hydrogens (tertiary/aromatic N) is 4. The first kappa shape index (κ1) is 12.8. The van der Waals surface area contributed by atoms with Crippen LogP contribution in [0.25, 0.3) is 0 Å². The van der Waals surface area contributed by atoms with Crippen LogP contribution in [0, 0.1) is 13.8 Å². The van der Waals surface area contributed by atoms with E-state index in [1.807, 2.05) is 13.2 Å². The van der Waals surface area contributed by atoms with Gasteiger partial charge in [-0.25, -0.2) is 13.6 Å². The minimum absolute atomic E-state index is 0.103. The van der Waals surface area contributed by atoms with Gasteiger partial charge in [-0.05, 0) is 13.8 Å². The first-order valence-electron chi connectivity index (χ1n) is 5.33. The number of sulfonamides is 1. The van der Waals surface area contributed by atoms with Crippen molar-refractivity contribution in [1.29, 1.82) is 0 Å². The Morgan fingerprint density at radius 1 is 1.39 bits per heavy atom. The van der Waals surface area contributed by atoms with Crippen molar-refractivity contribution in [2.45, 2.75) is 25.3 Å². The maximum absolute atomic E-state index is 11.5. The normalized spacial score (nSPS) is 12.0. The summed E-state index contributed by atoms with van der Waals surface area (Å²) in [6.07, 6.45) is 3.57. The van der Waals surface area contributed by atoms with Gasteiger partial charge in [0.1, 0.15) is 4.90 Å². The molecule has 0 radical (unpaired) electrons. The van der Waals surface area contributed by atoms with Crippen molar-refractivity contribution >= 4 is 10.0 Å². The van der Waals surface area contributed by atoms with Crippen molar-refractivity contribution in [3.05, 3.63) is 29.3 Å². The third-order valence-electron chi connectivity index (χ3n) is 2.69. The largest absolute Gasteiger partial charge is 0.275 e. The molecule has 0 amide bonds. The highest BCUT2D eigenvalue weighted by Crippen LogP contribution is 2.18. The van der Waals surface area contributed by atoms with Crippen molar-refractivity contribution < 1.29 is 8.42 Å². The molecule has 0 aliphatic carbocycles. The average Bonchev–Trinajstić information content (AvgIpc) is 2.71. The monoisotopic (exact) mass is 269 g/mol. The van der Waals surface area contributed by atoms with Crippen molar-refractivity contribution in [2.75, 3.05) is 0 Å². The Kier molecular flexibility index (Phi) is 2.99. The number of nitrogens with two attached hydrogens (primary N) is 1. The fourth-order valence-electron chi connectivity index (χ4n) is 1.97. The Morgan fingerprint density at radius 2 is 2.06 bits per heavy atom. The molecular weight excluding hydrogens is 254 g/mol. The van der Waals surface area contributed by atoms with E-state index in [9.17, 15) is 8.42 Å². The zero-order valence-corrected chi connectivity index (χ0v) is 11.3. The number of aryl methyl sites for hydroxylation is 2. The highest BCUT2D eigenvalue weighted by Gasteiger charge is 2.21. The second-order valence-corrected chi connectivity index (χ2v) is 5.72. The minimum Gasteiger partial charge on any atom is -0.275 e. The molecule has 0 aliphatic rings. The van der Waals surface area contributed by atoms with E-state index in [1.54, 1.807) is 29.4 Å². The van der Waals surface area contributed by atoms with Crippen LogP contribution in [0.5, 0.6) is 0 Å². The molecule has 0 spiro atoms. The molecule has 2 heterocycles. The van der Waals surface area contributed by atoms with Gasteiger partial charge in [0.05, 0.1) is 24.1 Å². The van der Waals surface area contributed by atoms with Crippen LogP contribution in [0.4, 0.5) is 0 Å². The first-order valence-corrected chi connectivity index (χ1v) is 6.88. The Labute approximate surface area is 105 Å². The summed E-state index contributed by atoms with van der Waals surface area (Å²) in [5, 5.41) is 13.4. The number of hydrogen-bond acceptors (Lipinski definition) is 4. The highest BCUT2D eigenvalue weighted by atomic mass is 32.2. The van der Waals surface area contributed by atoms with E-state index in [-0.39, 0.29) is 4.90 Å². The molecule has 0 fully saturated rings. The molecule has 8 heteroatoms. The van der Waals surface area contributed by atoms with Gasteiger partial charge in [0, 0.05) is 18.8 Å². The van der Waals surface area contributed by atoms with E-state index >= 15 is 0 Å². The number of primary sulfonamides is 1. The summed E-state index contributed by atoms with van der Waals surface area (Å²) >= 11 is 0. The predicted octanol–water partition coefficient (Wildman–Crippen LogP) is -0.0709. The molecule has 2 N–H and O–H groups in total. The molecule has 0 unspecified atom stereocenters. The van der Waals surface area contributed by atoms with Crippen molar-refractivity contribution in [2.24, 2.45) is 12.2 Å². The summed E-state index contributed by atoms with van der Waals surface area (Å²) in [5.41, 5.74) is 1.90. The molecule has 0 saturated heterocycles. The highest BCUT2D eigenvalue weighted by molar-refractivity contribution is 7.89. The summed E-state index contributed by atoms with van der Waals surface area (Å²) < 4.78 is 26.2. The van der Waals surface area contributed by atoms with Gasteiger partial charge in [0.15, 0.2) is 0 Å². The number of hydrogen-bond donors (Lipinski definition) is 1. The summed E-state index contributed by atoms with van der Waals surface area (Å²) in [7, 11) is -1.91. The predicted molar refractivity (Wildman–Crippen MR) is 65.4 cm³/mol. The number of aromatic nitrogens is 4. The van der Waals surface area contributed by atoms with Gasteiger partial charge in [0.2, 0.25) is 10.0 Å². The molecule has 2 aromatic heterocycles. The Bertz CT molecular complexity index is 683. The van der Waals surface area contributed by atoms with E-state index < -0.39 is 10.0 Å². The fourth-order valence-corrected chi connectivity index (χ4v) is 2.94. The van der Waals surface area contributed by atoms with Crippen molar-refractivity contribution in [1.82, 2.24) is 19.6 Å². The van der Waals surface area contributed by atoms with E-state index in [0.717, 1.165) is 5.56 Å². The minimum atomic E-state index is -3.73. The van der Waals surface area contributed by atoms with Crippen LogP contribution < -0.4 is 5.14 Å². The molecule has 0 atom stereocenters. The Balaban J connectivity index is 2.42. The maximum Gasteiger partial charge on any atom is 0.241 e. The Hall–Kier alpha value is -1.67. The second kappa shape index (κ2) is 4.21. The standard InChI is InChI=1S/C10H15N5O2S/c1-7-10(18(11,16)17)8(2)15(13-7)6-9-4-12-14(3)5-9/h4-5H,6H2,1-3H3,(H2,11,16,17). The molecular formula is C10H15N5O2S. The topological polar surface area (TPSA) is 95.8 Å². The van der Waals surface area contributed by atoms with E-state index in [1.165, 1.54) is 0 Å². The summed E-state index contributed by atoms with van der Waals surface area (Å²) in [6.45, 7) is 3.79. The van der Waals surface area contributed by atoms with Gasteiger partial charge < -0.3 is 0 Å². The molecule has 0 aromatic carbocycles. The van der Waals surface area contributed by atoms with E-state index in [4.69, 9.17) is 5.14 Å². The molecule has 7 nitrogen and oxygen atoms in total. The lowest BCUT2D eigenvalue weighted by Crippen LogP contribution is -2.14. The Morgan fingerprint density at radius 3 is 2.50 bits per heavy atom. The van der Waals surface area contributed by atoms with Crippen LogP contribution >= 0.6 is 0 Å². The zero-order valence-electron chi connectivity index (χ0n) is 10.5. The van der Waals surface area contributed by atoms with E-state index in [0.29, 0.717) is 17.9 Å². The first-order chi connectivity index (χ1) is 8.29. The van der Waals surface area contributed by atoms with Gasteiger partial charge in [-0.1, -0.05) is 0 Å². The molecule has 18 heavy (non-hydrogen) atoms. The van der Waals surface area contributed by atoms with E-state index in [2.05, 4.69) is 10.2 Å². The van der Waals surface area contributed by atoms with Gasteiger partial charge in [-0.15, -0.1) is 0 Å².